The third-order valence-electron chi connectivity index (χ3n) is 0.949. The maximum Gasteiger partial charge on any atom is 0.434 e. The molecule has 0 fully saturated rings. The molecule has 7 heteroatoms. The molecule has 0 spiro atoms. The second-order valence-electron chi connectivity index (χ2n) is 1.84. The molecule has 0 aromatic carbocycles. The number of rotatable bonds is 0. The molecule has 0 atom stereocenters. The molecule has 0 aliphatic heterocycles. The lowest BCUT2D eigenvalue weighted by molar-refractivity contribution is 0.513. The Hall–Kier alpha value is -2.18. The summed E-state index contributed by atoms with van der Waals surface area (Å²) >= 11 is 0. The third kappa shape index (κ3) is 3.65. The highest BCUT2D eigenvalue weighted by atomic mass is 16.4. The first-order chi connectivity index (χ1) is 6.29. The van der Waals surface area contributed by atoms with E-state index in [4.69, 9.17) is 0 Å². The van der Waals surface area contributed by atoms with Crippen molar-refractivity contribution >= 4 is 0 Å². The van der Waals surface area contributed by atoms with Crippen LogP contribution in [0.5, 0.6) is 0 Å². The van der Waals surface area contributed by atoms with E-state index in [0.717, 1.165) is 6.39 Å². The van der Waals surface area contributed by atoms with E-state index in [0.29, 0.717) is 0 Å². The minimum atomic E-state index is -0.519. The van der Waals surface area contributed by atoms with Gasteiger partial charge in [-0.2, -0.15) is 0 Å². The minimum Gasteiger partial charge on any atom is -0.395 e. The van der Waals surface area contributed by atoms with Crippen molar-refractivity contribution in [3.8, 4) is 0 Å². The Labute approximate surface area is 71.5 Å². The molecule has 68 valence electrons. The molecular formula is C6H6N4O3. The summed E-state index contributed by atoms with van der Waals surface area (Å²) in [5.41, 5.74) is -0.303. The van der Waals surface area contributed by atoms with Crippen LogP contribution in [0.2, 0.25) is 0 Å². The Morgan fingerprint density at radius 1 is 1.38 bits per heavy atom. The van der Waals surface area contributed by atoms with Gasteiger partial charge in [0.25, 0.3) is 0 Å². The summed E-state index contributed by atoms with van der Waals surface area (Å²) in [6.45, 7) is 0. The fourth-order valence-electron chi connectivity index (χ4n) is 0.490. The van der Waals surface area contributed by atoms with Crippen molar-refractivity contribution in [3.63, 3.8) is 0 Å². The fraction of sp³-hybridized carbons (Fsp3) is 0. The standard InChI is InChI=1S/C4H4N2O.C2H2N2O2/c7-4-5-2-1-3-6-4;5-2-4-3-1-6-2/h1-3H,(H,5,6,7);1H,(H,4,5). The normalized spacial score (nSPS) is 8.62. The fourth-order valence-corrected chi connectivity index (χ4v) is 0.490. The van der Waals surface area contributed by atoms with Gasteiger partial charge in [0, 0.05) is 12.4 Å². The summed E-state index contributed by atoms with van der Waals surface area (Å²) in [5.74, 6) is -0.519. The van der Waals surface area contributed by atoms with Crippen molar-refractivity contribution in [1.29, 1.82) is 0 Å². The molecule has 0 amide bonds. The molecule has 2 aromatic heterocycles. The molecule has 2 rings (SSSR count). The van der Waals surface area contributed by atoms with Gasteiger partial charge in [0.05, 0.1) is 0 Å². The molecule has 2 N–H and O–H groups in total. The van der Waals surface area contributed by atoms with Crippen LogP contribution >= 0.6 is 0 Å². The van der Waals surface area contributed by atoms with Crippen molar-refractivity contribution in [3.05, 3.63) is 45.9 Å². The van der Waals surface area contributed by atoms with Crippen molar-refractivity contribution in [2.75, 3.05) is 0 Å². The highest BCUT2D eigenvalue weighted by molar-refractivity contribution is 4.75. The lowest BCUT2D eigenvalue weighted by Gasteiger charge is -1.72. The number of aromatic amines is 2. The molecule has 0 unspecified atom stereocenters. The van der Waals surface area contributed by atoms with Crippen LogP contribution in [0.3, 0.4) is 0 Å². The molecule has 0 saturated carbocycles. The van der Waals surface area contributed by atoms with Crippen LogP contribution in [0.4, 0.5) is 0 Å². The van der Waals surface area contributed by atoms with E-state index >= 15 is 0 Å². The molecule has 0 bridgehead atoms. The van der Waals surface area contributed by atoms with Crippen molar-refractivity contribution in [1.82, 2.24) is 20.2 Å². The van der Waals surface area contributed by atoms with E-state index in [1.807, 2.05) is 5.10 Å². The predicted octanol–water partition coefficient (Wildman–Crippen LogP) is -0.867. The maximum atomic E-state index is 10.1. The predicted molar refractivity (Wildman–Crippen MR) is 42.0 cm³/mol. The first kappa shape index (κ1) is 8.91. The van der Waals surface area contributed by atoms with Gasteiger partial charge in [-0.05, 0) is 6.07 Å². The lowest BCUT2D eigenvalue weighted by Crippen LogP contribution is -2.05. The Morgan fingerprint density at radius 3 is 2.46 bits per heavy atom. The van der Waals surface area contributed by atoms with Crippen molar-refractivity contribution in [2.24, 2.45) is 0 Å². The summed E-state index contributed by atoms with van der Waals surface area (Å²) < 4.78 is 4.11. The molecule has 13 heavy (non-hydrogen) atoms. The van der Waals surface area contributed by atoms with Crippen LogP contribution in [-0.4, -0.2) is 20.2 Å². The number of H-pyrrole nitrogens is 2. The summed E-state index contributed by atoms with van der Waals surface area (Å²) in [5, 5.41) is 5.25. The highest BCUT2D eigenvalue weighted by Crippen LogP contribution is 1.61. The third-order valence-corrected chi connectivity index (χ3v) is 0.949. The number of nitrogens with one attached hydrogen (secondary N) is 2. The molecule has 0 aliphatic carbocycles. The van der Waals surface area contributed by atoms with Gasteiger partial charge in [0.2, 0.25) is 6.39 Å². The molecule has 2 aromatic rings. The lowest BCUT2D eigenvalue weighted by atomic mass is 10.7. The van der Waals surface area contributed by atoms with Crippen molar-refractivity contribution in [2.45, 2.75) is 0 Å². The Bertz CT molecular complexity index is 409. The number of aromatic nitrogens is 4. The van der Waals surface area contributed by atoms with Gasteiger partial charge >= 0.3 is 11.4 Å². The first-order valence-electron chi connectivity index (χ1n) is 3.27. The van der Waals surface area contributed by atoms with Crippen LogP contribution in [0.15, 0.2) is 38.9 Å². The topological polar surface area (TPSA) is 105 Å². The van der Waals surface area contributed by atoms with E-state index < -0.39 is 5.76 Å². The minimum absolute atomic E-state index is 0.303. The van der Waals surface area contributed by atoms with E-state index in [9.17, 15) is 9.59 Å². The number of hydrogen-bond donors (Lipinski definition) is 2. The molecule has 2 heterocycles. The molecule has 0 radical (unpaired) electrons. The smallest absolute Gasteiger partial charge is 0.395 e. The second kappa shape index (κ2) is 4.65. The van der Waals surface area contributed by atoms with E-state index in [1.54, 1.807) is 6.07 Å². The van der Waals surface area contributed by atoms with Gasteiger partial charge in [0.1, 0.15) is 0 Å². The summed E-state index contributed by atoms with van der Waals surface area (Å²) in [4.78, 5) is 25.6. The molecule has 0 saturated heterocycles. The summed E-state index contributed by atoms with van der Waals surface area (Å²) in [6, 6.07) is 1.65. The van der Waals surface area contributed by atoms with Gasteiger partial charge in [-0.25, -0.2) is 19.7 Å². The zero-order chi connectivity index (χ0) is 9.52. The summed E-state index contributed by atoms with van der Waals surface area (Å²) in [7, 11) is 0. The number of nitrogens with zero attached hydrogens (tertiary/aromatic N) is 2. The zero-order valence-electron chi connectivity index (χ0n) is 6.43. The van der Waals surface area contributed by atoms with Gasteiger partial charge in [-0.1, -0.05) is 0 Å². The zero-order valence-corrected chi connectivity index (χ0v) is 6.43. The maximum absolute atomic E-state index is 10.1. The Kier molecular flexibility index (Phi) is 3.19. The quantitative estimate of drug-likeness (QED) is 0.551. The van der Waals surface area contributed by atoms with Gasteiger partial charge in [-0.3, -0.25) is 0 Å². The average Bonchev–Trinajstić information content (AvgIpc) is 2.58. The number of hydrogen-bond acceptors (Lipinski definition) is 5. The molecule has 0 aliphatic rings. The monoisotopic (exact) mass is 182 g/mol. The highest BCUT2D eigenvalue weighted by Gasteiger charge is 1.74. The Balaban J connectivity index is 0.000000132. The van der Waals surface area contributed by atoms with Crippen LogP contribution in [0.1, 0.15) is 0 Å². The van der Waals surface area contributed by atoms with Crippen LogP contribution < -0.4 is 11.4 Å². The van der Waals surface area contributed by atoms with Crippen LogP contribution in [0, 0.1) is 0 Å². The Morgan fingerprint density at radius 2 is 2.23 bits per heavy atom. The largest absolute Gasteiger partial charge is 0.434 e. The SMILES string of the molecule is O=c1[nH]nco1.O=c1nccc[nH]1. The first-order valence-corrected chi connectivity index (χ1v) is 3.27. The molecule has 7 nitrogen and oxygen atoms in total. The van der Waals surface area contributed by atoms with Crippen LogP contribution in [0.25, 0.3) is 0 Å². The van der Waals surface area contributed by atoms with Crippen LogP contribution in [-0.2, 0) is 0 Å². The van der Waals surface area contributed by atoms with Gasteiger partial charge in [0.15, 0.2) is 0 Å². The van der Waals surface area contributed by atoms with E-state index in [2.05, 4.69) is 19.5 Å². The van der Waals surface area contributed by atoms with Crippen molar-refractivity contribution < 1.29 is 4.42 Å². The molecular weight excluding hydrogens is 176 g/mol. The van der Waals surface area contributed by atoms with E-state index in [1.165, 1.54) is 12.4 Å². The summed E-state index contributed by atoms with van der Waals surface area (Å²) in [6.07, 6.45) is 4.02. The van der Waals surface area contributed by atoms with E-state index in [-0.39, 0.29) is 5.69 Å². The second-order valence-corrected chi connectivity index (χ2v) is 1.84. The van der Waals surface area contributed by atoms with Gasteiger partial charge in [-0.15, -0.1) is 5.10 Å². The average molecular weight is 182 g/mol. The van der Waals surface area contributed by atoms with Gasteiger partial charge < -0.3 is 9.40 Å².